The highest BCUT2D eigenvalue weighted by Gasteiger charge is 2.14. The zero-order valence-electron chi connectivity index (χ0n) is 10.6. The van der Waals surface area contributed by atoms with E-state index in [4.69, 9.17) is 10.8 Å². The van der Waals surface area contributed by atoms with Crippen LogP contribution in [0.3, 0.4) is 0 Å². The summed E-state index contributed by atoms with van der Waals surface area (Å²) in [7, 11) is 0. The van der Waals surface area contributed by atoms with Gasteiger partial charge in [0.05, 0.1) is 13.2 Å². The molecular formula is C13H19F3N2O. The fraction of sp³-hybridized carbons (Fsp3) is 0.538. The zero-order chi connectivity index (χ0) is 14.3. The van der Waals surface area contributed by atoms with Gasteiger partial charge < -0.3 is 10.8 Å². The molecular weight excluding hydrogens is 257 g/mol. The minimum absolute atomic E-state index is 0.179. The van der Waals surface area contributed by atoms with Crippen LogP contribution < -0.4 is 5.73 Å². The Morgan fingerprint density at radius 2 is 2.00 bits per heavy atom. The molecule has 0 amide bonds. The molecule has 3 nitrogen and oxygen atoms in total. The van der Waals surface area contributed by atoms with Crippen molar-refractivity contribution in [1.29, 1.82) is 0 Å². The lowest BCUT2D eigenvalue weighted by atomic mass is 10.0. The summed E-state index contributed by atoms with van der Waals surface area (Å²) in [5.74, 6) is -0.368. The molecule has 0 fully saturated rings. The second kappa shape index (κ2) is 8.14. The van der Waals surface area contributed by atoms with E-state index < -0.39 is 19.0 Å². The molecule has 0 aromatic heterocycles. The molecule has 1 unspecified atom stereocenters. The van der Waals surface area contributed by atoms with Crippen molar-refractivity contribution in [3.05, 3.63) is 35.6 Å². The van der Waals surface area contributed by atoms with Gasteiger partial charge in [-0.3, -0.25) is 4.90 Å². The van der Waals surface area contributed by atoms with Gasteiger partial charge in [0.2, 0.25) is 0 Å². The predicted molar refractivity (Wildman–Crippen MR) is 67.5 cm³/mol. The molecule has 0 aliphatic rings. The van der Waals surface area contributed by atoms with Gasteiger partial charge in [0.25, 0.3) is 6.43 Å². The summed E-state index contributed by atoms with van der Waals surface area (Å²) in [6, 6.07) is 5.53. The van der Waals surface area contributed by atoms with Crippen molar-refractivity contribution in [2.45, 2.75) is 18.9 Å². The average Bonchev–Trinajstić information content (AvgIpc) is 2.35. The van der Waals surface area contributed by atoms with Crippen molar-refractivity contribution < 1.29 is 18.3 Å². The van der Waals surface area contributed by atoms with Gasteiger partial charge in [0, 0.05) is 19.1 Å². The summed E-state index contributed by atoms with van der Waals surface area (Å²) in [5, 5.41) is 8.80. The first-order valence-electron chi connectivity index (χ1n) is 6.15. The highest BCUT2D eigenvalue weighted by atomic mass is 19.3. The van der Waals surface area contributed by atoms with Crippen molar-refractivity contribution in [2.24, 2.45) is 5.73 Å². The number of rotatable bonds is 8. The van der Waals surface area contributed by atoms with Gasteiger partial charge in [0.1, 0.15) is 5.82 Å². The Hall–Kier alpha value is -1.11. The summed E-state index contributed by atoms with van der Waals surface area (Å²) in [5.41, 5.74) is 6.54. The summed E-state index contributed by atoms with van der Waals surface area (Å²) in [6.45, 7) is -0.0544. The van der Waals surface area contributed by atoms with E-state index in [-0.39, 0.29) is 19.0 Å². The average molecular weight is 276 g/mol. The van der Waals surface area contributed by atoms with Crippen LogP contribution in [0.5, 0.6) is 0 Å². The van der Waals surface area contributed by atoms with Crippen LogP contribution in [0.4, 0.5) is 13.2 Å². The van der Waals surface area contributed by atoms with E-state index in [1.165, 1.54) is 17.0 Å². The van der Waals surface area contributed by atoms with Gasteiger partial charge in [0.15, 0.2) is 0 Å². The molecule has 0 saturated heterocycles. The number of hydrogen-bond donors (Lipinski definition) is 2. The molecule has 1 aromatic rings. The summed E-state index contributed by atoms with van der Waals surface area (Å²) in [6.07, 6.45) is -2.02. The van der Waals surface area contributed by atoms with Crippen molar-refractivity contribution >= 4 is 0 Å². The Kier molecular flexibility index (Phi) is 6.83. The highest BCUT2D eigenvalue weighted by molar-refractivity contribution is 5.19. The van der Waals surface area contributed by atoms with E-state index >= 15 is 0 Å². The van der Waals surface area contributed by atoms with Crippen molar-refractivity contribution in [1.82, 2.24) is 4.90 Å². The lowest BCUT2D eigenvalue weighted by molar-refractivity contribution is 0.0768. The monoisotopic (exact) mass is 276 g/mol. The Morgan fingerprint density at radius 3 is 2.58 bits per heavy atom. The molecule has 108 valence electrons. The first-order chi connectivity index (χ1) is 9.02. The molecule has 6 heteroatoms. The number of hydrogen-bond acceptors (Lipinski definition) is 3. The third kappa shape index (κ3) is 6.04. The SMILES string of the molecule is NC(CCN(CCO)CC(F)F)c1cccc(F)c1. The maximum atomic E-state index is 13.0. The number of nitrogens with zero attached hydrogens (tertiary/aromatic N) is 1. The molecule has 0 radical (unpaired) electrons. The van der Waals surface area contributed by atoms with Gasteiger partial charge in [-0.25, -0.2) is 13.2 Å². The first kappa shape index (κ1) is 15.9. The number of aliphatic hydroxyl groups is 1. The van der Waals surface area contributed by atoms with Gasteiger partial charge in [-0.05, 0) is 24.1 Å². The standard InChI is InChI=1S/C13H19F3N2O/c14-11-3-1-2-10(8-11)12(17)4-5-18(6-7-19)9-13(15)16/h1-3,8,12-13,19H,4-7,9,17H2. The lowest BCUT2D eigenvalue weighted by Crippen LogP contribution is -2.34. The van der Waals surface area contributed by atoms with E-state index in [9.17, 15) is 13.2 Å². The second-order valence-corrected chi connectivity index (χ2v) is 4.37. The molecule has 19 heavy (non-hydrogen) atoms. The third-order valence-corrected chi connectivity index (χ3v) is 2.85. The van der Waals surface area contributed by atoms with Crippen LogP contribution in [0.1, 0.15) is 18.0 Å². The van der Waals surface area contributed by atoms with Crippen LogP contribution in [0.2, 0.25) is 0 Å². The minimum atomic E-state index is -2.45. The van der Waals surface area contributed by atoms with Crippen LogP contribution in [0.25, 0.3) is 0 Å². The maximum Gasteiger partial charge on any atom is 0.251 e. The molecule has 0 bridgehead atoms. The second-order valence-electron chi connectivity index (χ2n) is 4.37. The number of alkyl halides is 2. The van der Waals surface area contributed by atoms with E-state index in [2.05, 4.69) is 0 Å². The van der Waals surface area contributed by atoms with Crippen molar-refractivity contribution in [3.63, 3.8) is 0 Å². The van der Waals surface area contributed by atoms with Crippen LogP contribution >= 0.6 is 0 Å². The highest BCUT2D eigenvalue weighted by Crippen LogP contribution is 2.15. The van der Waals surface area contributed by atoms with Gasteiger partial charge in [-0.1, -0.05) is 12.1 Å². The van der Waals surface area contributed by atoms with E-state index in [0.717, 1.165) is 0 Å². The summed E-state index contributed by atoms with van der Waals surface area (Å²) >= 11 is 0. The van der Waals surface area contributed by atoms with Crippen molar-refractivity contribution in [2.75, 3.05) is 26.2 Å². The molecule has 3 N–H and O–H groups in total. The van der Waals surface area contributed by atoms with Crippen LogP contribution in [-0.4, -0.2) is 42.7 Å². The Balaban J connectivity index is 2.49. The van der Waals surface area contributed by atoms with Gasteiger partial charge >= 0.3 is 0 Å². The predicted octanol–water partition coefficient (Wildman–Crippen LogP) is 1.77. The smallest absolute Gasteiger partial charge is 0.251 e. The Morgan fingerprint density at radius 1 is 1.26 bits per heavy atom. The topological polar surface area (TPSA) is 49.5 Å². The van der Waals surface area contributed by atoms with Gasteiger partial charge in [-0.2, -0.15) is 0 Å². The molecule has 1 atom stereocenters. The number of aliphatic hydroxyl groups excluding tert-OH is 1. The van der Waals surface area contributed by atoms with Crippen molar-refractivity contribution in [3.8, 4) is 0 Å². The fourth-order valence-corrected chi connectivity index (χ4v) is 1.86. The summed E-state index contributed by atoms with van der Waals surface area (Å²) in [4.78, 5) is 1.45. The minimum Gasteiger partial charge on any atom is -0.395 e. The molecule has 0 heterocycles. The summed E-state index contributed by atoms with van der Waals surface area (Å²) < 4.78 is 37.6. The Labute approximate surface area is 110 Å². The number of benzene rings is 1. The van der Waals surface area contributed by atoms with Crippen LogP contribution in [-0.2, 0) is 0 Å². The molecule has 0 aliphatic heterocycles. The van der Waals surface area contributed by atoms with Gasteiger partial charge in [-0.15, -0.1) is 0 Å². The first-order valence-corrected chi connectivity index (χ1v) is 6.15. The Bertz CT molecular complexity index is 377. The molecule has 0 saturated carbocycles. The molecule has 0 spiro atoms. The zero-order valence-corrected chi connectivity index (χ0v) is 10.6. The quantitative estimate of drug-likeness (QED) is 0.761. The molecule has 1 rings (SSSR count). The molecule has 0 aliphatic carbocycles. The van der Waals surface area contributed by atoms with E-state index in [0.29, 0.717) is 18.5 Å². The van der Waals surface area contributed by atoms with Crippen LogP contribution in [0.15, 0.2) is 24.3 Å². The lowest BCUT2D eigenvalue weighted by Gasteiger charge is -2.22. The van der Waals surface area contributed by atoms with E-state index in [1.54, 1.807) is 12.1 Å². The van der Waals surface area contributed by atoms with E-state index in [1.807, 2.05) is 0 Å². The van der Waals surface area contributed by atoms with Crippen LogP contribution in [0, 0.1) is 5.82 Å². The fourth-order valence-electron chi connectivity index (χ4n) is 1.86. The maximum absolute atomic E-state index is 13.0. The number of nitrogens with two attached hydrogens (primary N) is 1. The third-order valence-electron chi connectivity index (χ3n) is 2.85. The number of halogens is 3. The normalized spacial score (nSPS) is 13.2. The molecule has 1 aromatic carbocycles. The largest absolute Gasteiger partial charge is 0.395 e.